The number of benzene rings is 2. The number of nitrogens with zero attached hydrogens (tertiary/aromatic N) is 2. The van der Waals surface area contributed by atoms with Crippen molar-refractivity contribution in [3.05, 3.63) is 94.8 Å². The molecule has 0 radical (unpaired) electrons. The third-order valence-electron chi connectivity index (χ3n) is 4.34. The zero-order valence-electron chi connectivity index (χ0n) is 13.8. The first kappa shape index (κ1) is 16.4. The predicted octanol–water partition coefficient (Wildman–Crippen LogP) is 4.67. The number of aromatic nitrogens is 2. The van der Waals surface area contributed by atoms with Crippen LogP contribution in [0.25, 0.3) is 10.9 Å². The van der Waals surface area contributed by atoms with E-state index >= 15 is 0 Å². The molecular weight excluding hydrogens is 348 g/mol. The number of rotatable bonds is 4. The van der Waals surface area contributed by atoms with Crippen molar-refractivity contribution in [1.82, 2.24) is 9.55 Å². The summed E-state index contributed by atoms with van der Waals surface area (Å²) < 4.78 is 1.75. The Morgan fingerprint density at radius 1 is 1.00 bits per heavy atom. The lowest BCUT2D eigenvalue weighted by Crippen LogP contribution is -2.03. The number of fused-ring (bicyclic) bond motifs is 1. The normalized spacial score (nSPS) is 11.0. The zero-order chi connectivity index (χ0) is 18.1. The molecule has 0 saturated heterocycles. The SMILES string of the molecule is O=C(c1ccc(Cl)nc1)c1c(O)n(Cc2ccccc2)c2ccccc12. The van der Waals surface area contributed by atoms with Gasteiger partial charge in [-0.1, -0.05) is 60.1 Å². The molecular formula is C21H15ClN2O2. The Hall–Kier alpha value is -3.11. The number of ketones is 1. The van der Waals surface area contributed by atoms with Gasteiger partial charge in [0.1, 0.15) is 5.15 Å². The molecule has 0 saturated carbocycles. The van der Waals surface area contributed by atoms with Crippen LogP contribution >= 0.6 is 11.6 Å². The van der Waals surface area contributed by atoms with Crippen molar-refractivity contribution in [2.24, 2.45) is 0 Å². The van der Waals surface area contributed by atoms with Gasteiger partial charge in [-0.05, 0) is 23.8 Å². The first-order valence-electron chi connectivity index (χ1n) is 8.15. The molecule has 2 heterocycles. The van der Waals surface area contributed by atoms with Crippen molar-refractivity contribution in [1.29, 1.82) is 0 Å². The number of para-hydroxylation sites is 1. The summed E-state index contributed by atoms with van der Waals surface area (Å²) in [6.07, 6.45) is 1.42. The van der Waals surface area contributed by atoms with Crippen LogP contribution < -0.4 is 0 Å². The maximum absolute atomic E-state index is 13.0. The minimum atomic E-state index is -0.283. The van der Waals surface area contributed by atoms with Gasteiger partial charge in [0.05, 0.1) is 17.6 Å². The lowest BCUT2D eigenvalue weighted by Gasteiger charge is -2.07. The highest BCUT2D eigenvalue weighted by Crippen LogP contribution is 2.33. The van der Waals surface area contributed by atoms with Crippen LogP contribution in [0.3, 0.4) is 0 Å². The largest absolute Gasteiger partial charge is 0.494 e. The summed E-state index contributed by atoms with van der Waals surface area (Å²) in [5.74, 6) is -0.329. The van der Waals surface area contributed by atoms with Gasteiger partial charge in [-0.2, -0.15) is 0 Å². The number of pyridine rings is 1. The molecule has 0 spiro atoms. The third-order valence-corrected chi connectivity index (χ3v) is 4.57. The van der Waals surface area contributed by atoms with Gasteiger partial charge in [-0.15, -0.1) is 0 Å². The molecule has 2 aromatic heterocycles. The molecule has 0 aliphatic carbocycles. The molecule has 0 atom stereocenters. The Kier molecular flexibility index (Phi) is 4.19. The monoisotopic (exact) mass is 362 g/mol. The van der Waals surface area contributed by atoms with Gasteiger partial charge in [-0.3, -0.25) is 4.79 Å². The summed E-state index contributed by atoms with van der Waals surface area (Å²) >= 11 is 5.81. The Morgan fingerprint density at radius 2 is 1.73 bits per heavy atom. The number of hydrogen-bond acceptors (Lipinski definition) is 3. The minimum absolute atomic E-state index is 0.0463. The highest BCUT2D eigenvalue weighted by Gasteiger charge is 2.23. The average Bonchev–Trinajstić information content (AvgIpc) is 2.95. The molecule has 0 aliphatic heterocycles. The van der Waals surface area contributed by atoms with Crippen LogP contribution in [0.4, 0.5) is 0 Å². The Labute approximate surface area is 155 Å². The summed E-state index contributed by atoms with van der Waals surface area (Å²) in [7, 11) is 0. The summed E-state index contributed by atoms with van der Waals surface area (Å²) in [5.41, 5.74) is 2.50. The first-order chi connectivity index (χ1) is 12.6. The lowest BCUT2D eigenvalue weighted by atomic mass is 10.0. The van der Waals surface area contributed by atoms with E-state index in [-0.39, 0.29) is 17.2 Å². The van der Waals surface area contributed by atoms with E-state index in [1.165, 1.54) is 6.20 Å². The van der Waals surface area contributed by atoms with Gasteiger partial charge in [0.25, 0.3) is 0 Å². The summed E-state index contributed by atoms with van der Waals surface area (Å²) in [5, 5.41) is 11.9. The van der Waals surface area contributed by atoms with Gasteiger partial charge in [-0.25, -0.2) is 4.98 Å². The Balaban J connectivity index is 1.86. The minimum Gasteiger partial charge on any atom is -0.494 e. The molecule has 4 aromatic rings. The molecule has 0 aliphatic rings. The third kappa shape index (κ3) is 2.85. The number of aromatic hydroxyl groups is 1. The topological polar surface area (TPSA) is 55.1 Å². The van der Waals surface area contributed by atoms with Crippen molar-refractivity contribution in [3.63, 3.8) is 0 Å². The van der Waals surface area contributed by atoms with E-state index in [9.17, 15) is 9.90 Å². The fraction of sp³-hybridized carbons (Fsp3) is 0.0476. The summed E-state index contributed by atoms with van der Waals surface area (Å²) in [6, 6.07) is 20.5. The fourth-order valence-corrected chi connectivity index (χ4v) is 3.21. The fourth-order valence-electron chi connectivity index (χ4n) is 3.09. The predicted molar refractivity (Wildman–Crippen MR) is 102 cm³/mol. The molecule has 26 heavy (non-hydrogen) atoms. The molecule has 1 N–H and O–H groups in total. The first-order valence-corrected chi connectivity index (χ1v) is 8.53. The van der Waals surface area contributed by atoms with E-state index < -0.39 is 0 Å². The lowest BCUT2D eigenvalue weighted by molar-refractivity contribution is 0.103. The van der Waals surface area contributed by atoms with Gasteiger partial charge in [0.2, 0.25) is 11.7 Å². The van der Waals surface area contributed by atoms with Gasteiger partial charge >= 0.3 is 0 Å². The molecule has 0 fully saturated rings. The maximum Gasteiger partial charge on any atom is 0.203 e. The van der Waals surface area contributed by atoms with Crippen molar-refractivity contribution in [2.45, 2.75) is 6.54 Å². The van der Waals surface area contributed by atoms with Crippen LogP contribution in [-0.4, -0.2) is 20.4 Å². The van der Waals surface area contributed by atoms with Crippen molar-refractivity contribution in [3.8, 4) is 5.88 Å². The second-order valence-electron chi connectivity index (χ2n) is 5.99. The summed E-state index contributed by atoms with van der Waals surface area (Å²) in [4.78, 5) is 17.0. The van der Waals surface area contributed by atoms with E-state index in [2.05, 4.69) is 4.98 Å². The van der Waals surface area contributed by atoms with Crippen LogP contribution in [0.2, 0.25) is 5.15 Å². The smallest absolute Gasteiger partial charge is 0.203 e. The molecule has 0 bridgehead atoms. The second kappa shape index (κ2) is 6.65. The molecule has 5 heteroatoms. The van der Waals surface area contributed by atoms with E-state index in [0.717, 1.165) is 11.1 Å². The van der Waals surface area contributed by atoms with E-state index in [1.807, 2.05) is 54.6 Å². The highest BCUT2D eigenvalue weighted by atomic mass is 35.5. The van der Waals surface area contributed by atoms with E-state index in [0.29, 0.717) is 22.6 Å². The van der Waals surface area contributed by atoms with Gasteiger partial charge in [0, 0.05) is 17.1 Å². The van der Waals surface area contributed by atoms with Crippen LogP contribution in [0.1, 0.15) is 21.5 Å². The van der Waals surface area contributed by atoms with Crippen LogP contribution in [0.15, 0.2) is 72.9 Å². The summed E-state index contributed by atoms with van der Waals surface area (Å²) in [6.45, 7) is 0.472. The van der Waals surface area contributed by atoms with Crippen LogP contribution in [-0.2, 0) is 6.54 Å². The van der Waals surface area contributed by atoms with Gasteiger partial charge < -0.3 is 9.67 Å². The molecule has 2 aromatic carbocycles. The van der Waals surface area contributed by atoms with Crippen molar-refractivity contribution in [2.75, 3.05) is 0 Å². The number of carbonyl (C=O) groups excluding carboxylic acids is 1. The van der Waals surface area contributed by atoms with E-state index in [4.69, 9.17) is 11.6 Å². The van der Waals surface area contributed by atoms with Crippen LogP contribution in [0, 0.1) is 0 Å². The molecule has 4 nitrogen and oxygen atoms in total. The van der Waals surface area contributed by atoms with Crippen molar-refractivity contribution < 1.29 is 9.90 Å². The van der Waals surface area contributed by atoms with Gasteiger partial charge in [0.15, 0.2) is 0 Å². The van der Waals surface area contributed by atoms with Crippen LogP contribution in [0.5, 0.6) is 5.88 Å². The maximum atomic E-state index is 13.0. The molecule has 128 valence electrons. The number of halogens is 1. The van der Waals surface area contributed by atoms with E-state index in [1.54, 1.807) is 16.7 Å². The Morgan fingerprint density at radius 3 is 2.46 bits per heavy atom. The molecule has 4 rings (SSSR count). The number of carbonyl (C=O) groups is 1. The zero-order valence-corrected chi connectivity index (χ0v) is 14.5. The highest BCUT2D eigenvalue weighted by molar-refractivity contribution is 6.29. The standard InChI is InChI=1S/C21H15ClN2O2/c22-18-11-10-15(12-23-18)20(25)19-16-8-4-5-9-17(16)24(21(19)26)13-14-6-2-1-3-7-14/h1-12,26H,13H2. The average molecular weight is 363 g/mol. The molecule has 0 amide bonds. The molecule has 0 unspecified atom stereocenters. The quantitative estimate of drug-likeness (QED) is 0.424. The van der Waals surface area contributed by atoms with Crippen molar-refractivity contribution >= 4 is 28.3 Å². The number of hydrogen-bond donors (Lipinski definition) is 1. The second-order valence-corrected chi connectivity index (χ2v) is 6.37. The Bertz CT molecular complexity index is 1090.